The van der Waals surface area contributed by atoms with Crippen molar-refractivity contribution in [2.45, 2.75) is 33.7 Å². The van der Waals surface area contributed by atoms with Gasteiger partial charge in [-0.1, -0.05) is 24.2 Å². The Morgan fingerprint density at radius 1 is 1.14 bits per heavy atom. The van der Waals surface area contributed by atoms with Gasteiger partial charge in [-0.25, -0.2) is 0 Å². The van der Waals surface area contributed by atoms with Gasteiger partial charge in [-0.2, -0.15) is 0 Å². The van der Waals surface area contributed by atoms with Gasteiger partial charge in [-0.05, 0) is 48.6 Å². The number of hydrogen-bond acceptors (Lipinski definition) is 1. The summed E-state index contributed by atoms with van der Waals surface area (Å²) in [5.41, 5.74) is 13.2. The van der Waals surface area contributed by atoms with Gasteiger partial charge in [0.25, 0.3) is 0 Å². The molecule has 0 aliphatic rings. The first-order chi connectivity index (χ1) is 6.56. The summed E-state index contributed by atoms with van der Waals surface area (Å²) in [6.45, 7) is 8.12. The molecule has 0 heterocycles. The second-order valence-corrected chi connectivity index (χ2v) is 3.67. The van der Waals surface area contributed by atoms with E-state index in [0.717, 1.165) is 5.56 Å². The average molecular weight is 189 g/mol. The molecule has 3 nitrogen and oxygen atoms in total. The lowest BCUT2D eigenvalue weighted by atomic mass is 9.97. The molecule has 0 saturated heterocycles. The standard InChI is InChI=1S/C11H15N3/c1-7-5-9(3)11(6-8(7)2)10(4)13-14-12/h5-6,10H,1-4H3/t10-/m0/s1. The van der Waals surface area contributed by atoms with Crippen molar-refractivity contribution in [3.8, 4) is 0 Å². The number of aryl methyl sites for hydroxylation is 3. The Balaban J connectivity index is 3.21. The van der Waals surface area contributed by atoms with E-state index in [1.165, 1.54) is 16.7 Å². The highest BCUT2D eigenvalue weighted by Gasteiger charge is 2.07. The van der Waals surface area contributed by atoms with Crippen molar-refractivity contribution < 1.29 is 0 Å². The third-order valence-electron chi connectivity index (χ3n) is 2.56. The number of rotatable bonds is 2. The Labute approximate surface area is 84.4 Å². The third-order valence-corrected chi connectivity index (χ3v) is 2.56. The van der Waals surface area contributed by atoms with E-state index in [0.29, 0.717) is 0 Å². The topological polar surface area (TPSA) is 48.8 Å². The predicted octanol–water partition coefficient (Wildman–Crippen LogP) is 3.98. The number of azide groups is 1. The zero-order chi connectivity index (χ0) is 10.7. The second kappa shape index (κ2) is 4.16. The summed E-state index contributed by atoms with van der Waals surface area (Å²) in [5, 5.41) is 3.71. The maximum absolute atomic E-state index is 8.37. The normalized spacial score (nSPS) is 12.0. The first-order valence-corrected chi connectivity index (χ1v) is 4.68. The minimum Gasteiger partial charge on any atom is -0.0862 e. The summed E-state index contributed by atoms with van der Waals surface area (Å²) < 4.78 is 0. The lowest BCUT2D eigenvalue weighted by molar-refractivity contribution is 0.798. The summed E-state index contributed by atoms with van der Waals surface area (Å²) in [6, 6.07) is 4.15. The summed E-state index contributed by atoms with van der Waals surface area (Å²) in [5.74, 6) is 0. The van der Waals surface area contributed by atoms with Gasteiger partial charge < -0.3 is 0 Å². The van der Waals surface area contributed by atoms with Crippen LogP contribution in [0.5, 0.6) is 0 Å². The maximum Gasteiger partial charge on any atom is 0.0599 e. The van der Waals surface area contributed by atoms with Gasteiger partial charge >= 0.3 is 0 Å². The van der Waals surface area contributed by atoms with Crippen molar-refractivity contribution in [1.29, 1.82) is 0 Å². The molecule has 0 aromatic heterocycles. The lowest BCUT2D eigenvalue weighted by Gasteiger charge is -2.12. The van der Waals surface area contributed by atoms with Gasteiger partial charge in [0.05, 0.1) is 6.04 Å². The molecule has 1 atom stereocenters. The maximum atomic E-state index is 8.37. The van der Waals surface area contributed by atoms with E-state index >= 15 is 0 Å². The second-order valence-electron chi connectivity index (χ2n) is 3.67. The van der Waals surface area contributed by atoms with Crippen LogP contribution in [-0.4, -0.2) is 0 Å². The van der Waals surface area contributed by atoms with Crippen molar-refractivity contribution in [3.63, 3.8) is 0 Å². The summed E-state index contributed by atoms with van der Waals surface area (Å²) in [6.07, 6.45) is 0. The molecule has 0 N–H and O–H groups in total. The molecule has 74 valence electrons. The Kier molecular flexibility index (Phi) is 3.15. The molecule has 0 aliphatic carbocycles. The number of hydrogen-bond donors (Lipinski definition) is 0. The van der Waals surface area contributed by atoms with Crippen LogP contribution in [0, 0.1) is 20.8 Å². The van der Waals surface area contributed by atoms with E-state index < -0.39 is 0 Å². The molecule has 0 saturated carbocycles. The van der Waals surface area contributed by atoms with E-state index in [1.54, 1.807) is 0 Å². The van der Waals surface area contributed by atoms with Gasteiger partial charge in [0.1, 0.15) is 0 Å². The van der Waals surface area contributed by atoms with Crippen LogP contribution in [0.1, 0.15) is 35.2 Å². The van der Waals surface area contributed by atoms with Gasteiger partial charge in [0, 0.05) is 4.91 Å². The molecule has 0 spiro atoms. The van der Waals surface area contributed by atoms with Crippen LogP contribution < -0.4 is 0 Å². The predicted molar refractivity (Wildman–Crippen MR) is 58.2 cm³/mol. The van der Waals surface area contributed by atoms with E-state index in [2.05, 4.69) is 36.0 Å². The Hall–Kier alpha value is -1.47. The van der Waals surface area contributed by atoms with Crippen LogP contribution >= 0.6 is 0 Å². The van der Waals surface area contributed by atoms with Crippen molar-refractivity contribution in [2.75, 3.05) is 0 Å². The lowest BCUT2D eigenvalue weighted by Crippen LogP contribution is -1.95. The Morgan fingerprint density at radius 3 is 2.29 bits per heavy atom. The minimum atomic E-state index is -0.0840. The van der Waals surface area contributed by atoms with Gasteiger partial charge in [0.15, 0.2) is 0 Å². The highest BCUT2D eigenvalue weighted by Crippen LogP contribution is 2.24. The van der Waals surface area contributed by atoms with E-state index in [4.69, 9.17) is 5.53 Å². The monoisotopic (exact) mass is 189 g/mol. The summed E-state index contributed by atoms with van der Waals surface area (Å²) >= 11 is 0. The van der Waals surface area contributed by atoms with Crippen LogP contribution in [0.15, 0.2) is 17.2 Å². The first-order valence-electron chi connectivity index (χ1n) is 4.68. The van der Waals surface area contributed by atoms with Crippen molar-refractivity contribution in [1.82, 2.24) is 0 Å². The molecular weight excluding hydrogens is 174 g/mol. The molecule has 14 heavy (non-hydrogen) atoms. The third kappa shape index (κ3) is 2.06. The van der Waals surface area contributed by atoms with E-state index in [-0.39, 0.29) is 6.04 Å². The summed E-state index contributed by atoms with van der Waals surface area (Å²) in [7, 11) is 0. The van der Waals surface area contributed by atoms with Crippen LogP contribution in [0.3, 0.4) is 0 Å². The van der Waals surface area contributed by atoms with Crippen LogP contribution in [-0.2, 0) is 0 Å². The molecule has 1 aromatic rings. The fourth-order valence-electron chi connectivity index (χ4n) is 1.57. The smallest absolute Gasteiger partial charge is 0.0599 e. The average Bonchev–Trinajstić information content (AvgIpc) is 2.11. The Morgan fingerprint density at radius 2 is 1.71 bits per heavy atom. The molecule has 1 aromatic carbocycles. The fourth-order valence-corrected chi connectivity index (χ4v) is 1.57. The summed E-state index contributed by atoms with van der Waals surface area (Å²) in [4.78, 5) is 2.83. The number of benzene rings is 1. The van der Waals surface area contributed by atoms with E-state index in [1.807, 2.05) is 13.8 Å². The molecule has 0 unspecified atom stereocenters. The van der Waals surface area contributed by atoms with Gasteiger partial charge in [-0.3, -0.25) is 0 Å². The fraction of sp³-hybridized carbons (Fsp3) is 0.455. The Bertz CT molecular complexity index is 390. The molecule has 3 heteroatoms. The molecule has 0 bridgehead atoms. The SMILES string of the molecule is Cc1cc(C)c([C@H](C)N=[N+]=[N-])cc1C. The first kappa shape index (κ1) is 10.6. The highest BCUT2D eigenvalue weighted by molar-refractivity contribution is 5.38. The molecule has 1 rings (SSSR count). The molecular formula is C11H15N3. The molecule has 0 fully saturated rings. The van der Waals surface area contributed by atoms with Crippen molar-refractivity contribution >= 4 is 0 Å². The largest absolute Gasteiger partial charge is 0.0862 e. The quantitative estimate of drug-likeness (QED) is 0.384. The molecule has 0 radical (unpaired) electrons. The molecule has 0 aliphatic heterocycles. The highest BCUT2D eigenvalue weighted by atomic mass is 15.1. The van der Waals surface area contributed by atoms with Gasteiger partial charge in [0.2, 0.25) is 0 Å². The van der Waals surface area contributed by atoms with Crippen LogP contribution in [0.4, 0.5) is 0 Å². The minimum absolute atomic E-state index is 0.0840. The van der Waals surface area contributed by atoms with Crippen molar-refractivity contribution in [2.24, 2.45) is 5.11 Å². The zero-order valence-corrected chi connectivity index (χ0v) is 9.07. The van der Waals surface area contributed by atoms with Crippen LogP contribution in [0.25, 0.3) is 10.4 Å². The van der Waals surface area contributed by atoms with Crippen LogP contribution in [0.2, 0.25) is 0 Å². The van der Waals surface area contributed by atoms with Crippen molar-refractivity contribution in [3.05, 3.63) is 44.8 Å². The molecule has 0 amide bonds. The van der Waals surface area contributed by atoms with Gasteiger partial charge in [-0.15, -0.1) is 0 Å². The zero-order valence-electron chi connectivity index (χ0n) is 9.07. The number of nitrogens with zero attached hydrogens (tertiary/aromatic N) is 3. The van der Waals surface area contributed by atoms with E-state index in [9.17, 15) is 0 Å².